The summed E-state index contributed by atoms with van der Waals surface area (Å²) in [5.74, 6) is -0.949. The highest BCUT2D eigenvalue weighted by Gasteiger charge is 2.23. The maximum Gasteiger partial charge on any atom is 0.345 e. The Labute approximate surface area is 126 Å². The van der Waals surface area contributed by atoms with Gasteiger partial charge in [0, 0.05) is 16.6 Å². The van der Waals surface area contributed by atoms with Gasteiger partial charge in [-0.2, -0.15) is 5.10 Å². The molecule has 2 aromatic rings. The van der Waals surface area contributed by atoms with Crippen LogP contribution in [-0.2, 0) is 16.4 Å². The molecule has 7 nitrogen and oxygen atoms in total. The molecule has 2 aromatic heterocycles. The number of aromatic carboxylic acids is 1. The third-order valence-electron chi connectivity index (χ3n) is 2.76. The average molecular weight is 329 g/mol. The third-order valence-corrected chi connectivity index (χ3v) is 5.41. The molecule has 2 heterocycles. The van der Waals surface area contributed by atoms with Crippen LogP contribution in [0.1, 0.15) is 33.6 Å². The van der Waals surface area contributed by atoms with Gasteiger partial charge in [-0.3, -0.25) is 9.82 Å². The van der Waals surface area contributed by atoms with Crippen molar-refractivity contribution in [1.82, 2.24) is 10.2 Å². The lowest BCUT2D eigenvalue weighted by molar-refractivity contribution is 0.0702. The van der Waals surface area contributed by atoms with Crippen molar-refractivity contribution in [3.05, 3.63) is 27.6 Å². The summed E-state index contributed by atoms with van der Waals surface area (Å²) < 4.78 is 26.9. The van der Waals surface area contributed by atoms with Crippen molar-refractivity contribution in [3.8, 4) is 0 Å². The van der Waals surface area contributed by atoms with Crippen molar-refractivity contribution in [1.29, 1.82) is 0 Å². The van der Waals surface area contributed by atoms with Crippen LogP contribution >= 0.6 is 11.3 Å². The number of aryl methyl sites for hydroxylation is 2. The Morgan fingerprint density at radius 1 is 1.48 bits per heavy atom. The van der Waals surface area contributed by atoms with E-state index in [1.807, 2.05) is 6.92 Å². The minimum absolute atomic E-state index is 0.0124. The summed E-state index contributed by atoms with van der Waals surface area (Å²) in [5.41, 5.74) is 0.837. The Kier molecular flexibility index (Phi) is 4.33. The molecule has 0 radical (unpaired) electrons. The number of anilines is 1. The lowest BCUT2D eigenvalue weighted by Crippen LogP contribution is -2.13. The van der Waals surface area contributed by atoms with Gasteiger partial charge in [0.1, 0.15) is 9.77 Å². The fourth-order valence-corrected chi connectivity index (χ4v) is 4.27. The summed E-state index contributed by atoms with van der Waals surface area (Å²) in [6.07, 6.45) is 1.69. The zero-order chi connectivity index (χ0) is 15.6. The summed E-state index contributed by atoms with van der Waals surface area (Å²) in [6.45, 7) is 3.57. The number of aromatic amines is 1. The first-order chi connectivity index (χ1) is 9.83. The molecule has 0 unspecified atom stereocenters. The van der Waals surface area contributed by atoms with Crippen molar-refractivity contribution in [2.45, 2.75) is 31.6 Å². The van der Waals surface area contributed by atoms with Crippen LogP contribution in [0.25, 0.3) is 0 Å². The fourth-order valence-electron chi connectivity index (χ4n) is 1.84. The number of carbonyl (C=O) groups is 1. The van der Waals surface area contributed by atoms with Crippen molar-refractivity contribution in [3.63, 3.8) is 0 Å². The van der Waals surface area contributed by atoms with Crippen LogP contribution in [-0.4, -0.2) is 29.7 Å². The molecule has 0 spiro atoms. The Bertz CT molecular complexity index is 761. The molecule has 0 atom stereocenters. The highest BCUT2D eigenvalue weighted by atomic mass is 32.2. The lowest BCUT2D eigenvalue weighted by Gasteiger charge is -2.03. The van der Waals surface area contributed by atoms with Crippen molar-refractivity contribution in [2.75, 3.05) is 4.72 Å². The molecule has 0 aromatic carbocycles. The van der Waals surface area contributed by atoms with E-state index < -0.39 is 16.0 Å². The number of thiophene rings is 1. The molecule has 2 rings (SSSR count). The van der Waals surface area contributed by atoms with Crippen LogP contribution in [0.2, 0.25) is 0 Å². The molecule has 0 aliphatic carbocycles. The molecule has 0 saturated heterocycles. The van der Waals surface area contributed by atoms with E-state index in [0.717, 1.165) is 35.9 Å². The number of hydrogen-bond acceptors (Lipinski definition) is 5. The highest BCUT2D eigenvalue weighted by molar-refractivity contribution is 7.93. The van der Waals surface area contributed by atoms with Crippen molar-refractivity contribution >= 4 is 33.1 Å². The van der Waals surface area contributed by atoms with Gasteiger partial charge in [0.25, 0.3) is 10.0 Å². The van der Waals surface area contributed by atoms with Crippen molar-refractivity contribution in [2.24, 2.45) is 0 Å². The molecular formula is C12H15N3O4S2. The number of hydrogen-bond donors (Lipinski definition) is 3. The van der Waals surface area contributed by atoms with E-state index in [0.29, 0.717) is 4.88 Å². The van der Waals surface area contributed by atoms with E-state index in [9.17, 15) is 13.2 Å². The zero-order valence-corrected chi connectivity index (χ0v) is 13.1. The molecular weight excluding hydrogens is 314 g/mol. The second-order valence-electron chi connectivity index (χ2n) is 4.47. The SMILES string of the molecule is CCCc1cc(NS(=O)(=O)c2cc(C(=O)O)sc2C)n[nH]1. The normalized spacial score (nSPS) is 11.5. The van der Waals surface area contributed by atoms with Crippen LogP contribution in [0.3, 0.4) is 0 Å². The van der Waals surface area contributed by atoms with Gasteiger partial charge >= 0.3 is 5.97 Å². The molecule has 114 valence electrons. The standard InChI is InChI=1S/C12H15N3O4S2/c1-3-4-8-5-11(14-13-8)15-21(18,19)10-6-9(12(16)17)20-7(10)2/h5-6H,3-4H2,1-2H3,(H,16,17)(H2,13,14,15). The van der Waals surface area contributed by atoms with Gasteiger partial charge in [-0.05, 0) is 19.4 Å². The number of carboxylic acid groups (broad SMARTS) is 1. The fraction of sp³-hybridized carbons (Fsp3) is 0.333. The van der Waals surface area contributed by atoms with E-state index in [2.05, 4.69) is 14.9 Å². The highest BCUT2D eigenvalue weighted by Crippen LogP contribution is 2.27. The van der Waals surface area contributed by atoms with Gasteiger partial charge in [0.2, 0.25) is 0 Å². The Balaban J connectivity index is 2.27. The quantitative estimate of drug-likeness (QED) is 0.752. The summed E-state index contributed by atoms with van der Waals surface area (Å²) in [4.78, 5) is 11.3. The molecule has 0 amide bonds. The molecule has 0 aliphatic rings. The largest absolute Gasteiger partial charge is 0.477 e. The van der Waals surface area contributed by atoms with Gasteiger partial charge < -0.3 is 5.11 Å². The first-order valence-corrected chi connectivity index (χ1v) is 8.54. The number of rotatable bonds is 6. The summed E-state index contributed by atoms with van der Waals surface area (Å²) in [5, 5.41) is 15.6. The van der Waals surface area contributed by atoms with Crippen LogP contribution in [0.15, 0.2) is 17.0 Å². The van der Waals surface area contributed by atoms with Gasteiger partial charge in [-0.15, -0.1) is 11.3 Å². The van der Waals surface area contributed by atoms with E-state index in [1.54, 1.807) is 13.0 Å². The Morgan fingerprint density at radius 3 is 2.76 bits per heavy atom. The number of nitrogens with one attached hydrogen (secondary N) is 2. The summed E-state index contributed by atoms with van der Waals surface area (Å²) in [7, 11) is -3.84. The number of H-pyrrole nitrogens is 1. The van der Waals surface area contributed by atoms with Crippen LogP contribution in [0, 0.1) is 6.92 Å². The number of sulfonamides is 1. The average Bonchev–Trinajstić information content (AvgIpc) is 2.96. The Hall–Kier alpha value is -1.87. The van der Waals surface area contributed by atoms with Crippen LogP contribution in [0.4, 0.5) is 5.82 Å². The van der Waals surface area contributed by atoms with Gasteiger partial charge in [-0.25, -0.2) is 13.2 Å². The van der Waals surface area contributed by atoms with E-state index in [1.165, 1.54) is 0 Å². The molecule has 0 saturated carbocycles. The number of aromatic nitrogens is 2. The topological polar surface area (TPSA) is 112 Å². The minimum atomic E-state index is -3.84. The van der Waals surface area contributed by atoms with E-state index in [-0.39, 0.29) is 15.6 Å². The maximum atomic E-state index is 12.3. The van der Waals surface area contributed by atoms with E-state index in [4.69, 9.17) is 5.11 Å². The molecule has 3 N–H and O–H groups in total. The number of nitrogens with zero attached hydrogens (tertiary/aromatic N) is 1. The number of carboxylic acids is 1. The van der Waals surface area contributed by atoms with Crippen LogP contribution in [0.5, 0.6) is 0 Å². The van der Waals surface area contributed by atoms with Crippen LogP contribution < -0.4 is 4.72 Å². The van der Waals surface area contributed by atoms with Gasteiger partial charge in [-0.1, -0.05) is 13.3 Å². The molecule has 0 aliphatic heterocycles. The van der Waals surface area contributed by atoms with E-state index >= 15 is 0 Å². The lowest BCUT2D eigenvalue weighted by atomic mass is 10.2. The first-order valence-electron chi connectivity index (χ1n) is 6.24. The third kappa shape index (κ3) is 3.42. The Morgan fingerprint density at radius 2 is 2.19 bits per heavy atom. The van der Waals surface area contributed by atoms with Gasteiger partial charge in [0.05, 0.1) is 0 Å². The summed E-state index contributed by atoms with van der Waals surface area (Å²) >= 11 is 0.926. The predicted molar refractivity (Wildman–Crippen MR) is 79.4 cm³/mol. The first kappa shape index (κ1) is 15.5. The molecule has 21 heavy (non-hydrogen) atoms. The minimum Gasteiger partial charge on any atom is -0.477 e. The molecule has 9 heteroatoms. The molecule has 0 fully saturated rings. The second-order valence-corrected chi connectivity index (χ2v) is 7.38. The molecule has 0 bridgehead atoms. The smallest absolute Gasteiger partial charge is 0.345 e. The maximum absolute atomic E-state index is 12.3. The van der Waals surface area contributed by atoms with Gasteiger partial charge in [0.15, 0.2) is 5.82 Å². The van der Waals surface area contributed by atoms with Crippen molar-refractivity contribution < 1.29 is 18.3 Å². The summed E-state index contributed by atoms with van der Waals surface area (Å²) in [6, 6.07) is 2.78. The predicted octanol–water partition coefficient (Wildman–Crippen LogP) is 2.23. The second kappa shape index (κ2) is 5.86. The zero-order valence-electron chi connectivity index (χ0n) is 11.5. The monoisotopic (exact) mass is 329 g/mol.